The smallest absolute Gasteiger partial charge is 0.127 e. The highest BCUT2D eigenvalue weighted by atomic mass is 19.1. The topological polar surface area (TPSA) is 136 Å². The molecule has 0 saturated heterocycles. The minimum Gasteiger partial charge on any atom is -0.493 e. The van der Waals surface area contributed by atoms with E-state index in [9.17, 15) is 14.6 Å². The fourth-order valence-corrected chi connectivity index (χ4v) is 4.66. The van der Waals surface area contributed by atoms with E-state index in [-0.39, 0.29) is 37.5 Å². The van der Waals surface area contributed by atoms with E-state index in [1.165, 1.54) is 13.1 Å². The van der Waals surface area contributed by atoms with E-state index in [2.05, 4.69) is 24.7 Å². The van der Waals surface area contributed by atoms with Crippen LogP contribution in [-0.4, -0.2) is 61.0 Å². The van der Waals surface area contributed by atoms with Gasteiger partial charge in [0.25, 0.3) is 0 Å². The van der Waals surface area contributed by atoms with Crippen molar-refractivity contribution in [3.8, 4) is 12.3 Å². The molecule has 0 radical (unpaired) electrons. The number of terminal acetylenes is 1. The Balaban J connectivity index is 0. The zero-order chi connectivity index (χ0) is 29.6. The third-order valence-corrected chi connectivity index (χ3v) is 6.79. The Morgan fingerprint density at radius 2 is 1.85 bits per heavy atom. The molecule has 1 aromatic carbocycles. The number of aliphatic hydroxyl groups excluding tert-OH is 2. The van der Waals surface area contributed by atoms with Crippen LogP contribution in [0.5, 0.6) is 0 Å². The second-order valence-corrected chi connectivity index (χ2v) is 9.85. The fraction of sp³-hybridized carbons (Fsp3) is 0.500. The Morgan fingerprint density at radius 1 is 1.20 bits per heavy atom. The number of rotatable bonds is 7. The highest BCUT2D eigenvalue weighted by molar-refractivity contribution is 5.68. The van der Waals surface area contributed by atoms with Gasteiger partial charge in [-0.1, -0.05) is 44.0 Å². The standard InChI is InChI=1S/C20H25NO3.C9H12FN.C2H6.CH5N.H2O.H2/c1-3-14(12-23)19(21)16-7-8-18(20(2)10-17(16)20)24-15-6-4-5-13(9-15)11-22;1-11(2)7-8-5-3-4-6-9(8)10;2*1-2;;/h1,7-8,10,13,15,22-23H,4-6,9,11-12,21H2,2H3;3-6H,7H2,1-2H3;1-2H3;2H2,1H3;1H2;1H/b19-14+;;;;;/t13-,15?,20?;;;;;/m0...../s1. The van der Waals surface area contributed by atoms with Gasteiger partial charge in [-0.05, 0) is 83.5 Å². The van der Waals surface area contributed by atoms with Crippen LogP contribution in [-0.2, 0) is 11.3 Å². The van der Waals surface area contributed by atoms with Gasteiger partial charge in [-0.15, -0.1) is 6.42 Å². The van der Waals surface area contributed by atoms with E-state index in [4.69, 9.17) is 16.9 Å². The minimum atomic E-state index is -0.235. The van der Waals surface area contributed by atoms with E-state index in [1.54, 1.807) is 12.1 Å². The molecular weight excluding hydrogens is 509 g/mol. The first-order chi connectivity index (χ1) is 18.7. The second kappa shape index (κ2) is 18.4. The van der Waals surface area contributed by atoms with Crippen LogP contribution in [0.1, 0.15) is 53.4 Å². The summed E-state index contributed by atoms with van der Waals surface area (Å²) in [7, 11) is 5.35. The summed E-state index contributed by atoms with van der Waals surface area (Å²) in [5.74, 6) is 3.61. The Bertz CT molecular complexity index is 1090. The van der Waals surface area contributed by atoms with E-state index < -0.39 is 0 Å². The molecular formula is C32H52FN3O4. The molecule has 1 aromatic rings. The summed E-state index contributed by atoms with van der Waals surface area (Å²) < 4.78 is 19.2. The van der Waals surface area contributed by atoms with Gasteiger partial charge in [-0.3, -0.25) is 0 Å². The number of fused-ring (bicyclic) bond motifs is 1. The van der Waals surface area contributed by atoms with E-state index in [0.29, 0.717) is 23.7 Å². The molecule has 3 atom stereocenters. The maximum Gasteiger partial charge on any atom is 0.127 e. The van der Waals surface area contributed by atoms with Crippen LogP contribution in [0.4, 0.5) is 4.39 Å². The summed E-state index contributed by atoms with van der Waals surface area (Å²) in [6.07, 6.45) is 15.7. The average Bonchev–Trinajstić information content (AvgIpc) is 3.66. The van der Waals surface area contributed by atoms with E-state index >= 15 is 0 Å². The molecule has 1 fully saturated rings. The summed E-state index contributed by atoms with van der Waals surface area (Å²) in [5, 5.41) is 18.7. The van der Waals surface area contributed by atoms with Gasteiger partial charge in [0, 0.05) is 25.7 Å². The van der Waals surface area contributed by atoms with Gasteiger partial charge in [-0.25, -0.2) is 4.39 Å². The lowest BCUT2D eigenvalue weighted by molar-refractivity contribution is 0.0325. The van der Waals surface area contributed by atoms with Gasteiger partial charge in [0.15, 0.2) is 0 Å². The van der Waals surface area contributed by atoms with Crippen molar-refractivity contribution in [2.45, 2.75) is 59.1 Å². The van der Waals surface area contributed by atoms with E-state index in [0.717, 1.165) is 48.2 Å². The van der Waals surface area contributed by atoms with Crippen molar-refractivity contribution in [2.24, 2.45) is 22.8 Å². The zero-order valence-corrected chi connectivity index (χ0v) is 25.0. The maximum atomic E-state index is 12.9. The first-order valence-corrected chi connectivity index (χ1v) is 13.7. The molecule has 0 spiro atoms. The number of hydrogen-bond donors (Lipinski definition) is 4. The first-order valence-electron chi connectivity index (χ1n) is 13.7. The Hall–Kier alpha value is -2.93. The van der Waals surface area contributed by atoms with Crippen molar-refractivity contribution in [2.75, 3.05) is 34.4 Å². The lowest BCUT2D eigenvalue weighted by Crippen LogP contribution is -2.27. The van der Waals surface area contributed by atoms with Gasteiger partial charge in [-0.2, -0.15) is 0 Å². The van der Waals surface area contributed by atoms with Crippen LogP contribution in [0.2, 0.25) is 0 Å². The Labute approximate surface area is 241 Å². The number of nitrogens with two attached hydrogens (primary N) is 2. The van der Waals surface area contributed by atoms with Gasteiger partial charge < -0.3 is 36.8 Å². The van der Waals surface area contributed by atoms with Crippen LogP contribution in [0.15, 0.2) is 70.7 Å². The SMILES string of the molecule is C#C/C(CO)=C(\N)C1=CC=C(OC2CCC[C@H](CO)C2)C2(C)C=C12.CC.CN.CN(C)Cc1ccccc1F.O.[HH]. The summed E-state index contributed by atoms with van der Waals surface area (Å²) in [6, 6.07) is 6.84. The lowest BCUT2D eigenvalue weighted by atomic mass is 9.86. The van der Waals surface area contributed by atoms with Crippen LogP contribution < -0.4 is 11.5 Å². The van der Waals surface area contributed by atoms with Gasteiger partial charge >= 0.3 is 0 Å². The van der Waals surface area contributed by atoms with Crippen molar-refractivity contribution >= 4 is 0 Å². The summed E-state index contributed by atoms with van der Waals surface area (Å²) in [5.41, 5.74) is 14.0. The summed E-state index contributed by atoms with van der Waals surface area (Å²) >= 11 is 0. The molecule has 0 heterocycles. The summed E-state index contributed by atoms with van der Waals surface area (Å²) in [4.78, 5) is 1.94. The number of hydrogen-bond acceptors (Lipinski definition) is 6. The molecule has 2 unspecified atom stereocenters. The molecule has 1 saturated carbocycles. The minimum absolute atomic E-state index is 0. The molecule has 226 valence electrons. The Kier molecular flexibility index (Phi) is 17.1. The molecule has 0 aromatic heterocycles. The third-order valence-electron chi connectivity index (χ3n) is 6.79. The number of nitrogens with zero attached hydrogens (tertiary/aromatic N) is 1. The van der Waals surface area contributed by atoms with Crippen LogP contribution in [0, 0.1) is 29.5 Å². The Morgan fingerprint density at radius 3 is 2.40 bits per heavy atom. The predicted molar refractivity (Wildman–Crippen MR) is 164 cm³/mol. The first kappa shape index (κ1) is 37.1. The molecule has 4 rings (SSSR count). The van der Waals surface area contributed by atoms with Crippen molar-refractivity contribution in [3.63, 3.8) is 0 Å². The largest absolute Gasteiger partial charge is 0.493 e. The van der Waals surface area contributed by atoms with Gasteiger partial charge in [0.1, 0.15) is 11.6 Å². The van der Waals surface area contributed by atoms with Crippen molar-refractivity contribution in [1.29, 1.82) is 0 Å². The highest BCUT2D eigenvalue weighted by Gasteiger charge is 2.48. The molecule has 0 amide bonds. The number of allylic oxidation sites excluding steroid dienone is 4. The van der Waals surface area contributed by atoms with Gasteiger partial charge in [0.2, 0.25) is 0 Å². The van der Waals surface area contributed by atoms with Gasteiger partial charge in [0.05, 0.1) is 29.4 Å². The van der Waals surface area contributed by atoms with Crippen molar-refractivity contribution in [1.82, 2.24) is 4.90 Å². The molecule has 40 heavy (non-hydrogen) atoms. The molecule has 0 aliphatic heterocycles. The molecule has 8 heteroatoms. The average molecular weight is 562 g/mol. The lowest BCUT2D eigenvalue weighted by Gasteiger charge is -2.32. The summed E-state index contributed by atoms with van der Waals surface area (Å²) in [6.45, 7) is 6.77. The van der Waals surface area contributed by atoms with E-state index in [1.807, 2.05) is 51.1 Å². The normalized spacial score (nSPS) is 22.7. The number of benzene rings is 1. The fourth-order valence-electron chi connectivity index (χ4n) is 4.66. The molecule has 8 N–H and O–H groups in total. The van der Waals surface area contributed by atoms with Crippen molar-refractivity contribution in [3.05, 3.63) is 82.0 Å². The molecule has 3 aliphatic rings. The predicted octanol–water partition coefficient (Wildman–Crippen LogP) is 4.07. The van der Waals surface area contributed by atoms with Crippen LogP contribution >= 0.6 is 0 Å². The van der Waals surface area contributed by atoms with Crippen molar-refractivity contribution < 1.29 is 26.2 Å². The molecule has 7 nitrogen and oxygen atoms in total. The van der Waals surface area contributed by atoms with Crippen LogP contribution in [0.25, 0.3) is 0 Å². The zero-order valence-electron chi connectivity index (χ0n) is 25.0. The maximum absolute atomic E-state index is 12.9. The highest BCUT2D eigenvalue weighted by Crippen LogP contribution is 2.57. The number of aliphatic hydroxyl groups is 2. The second-order valence-electron chi connectivity index (χ2n) is 9.85. The van der Waals surface area contributed by atoms with Crippen LogP contribution in [0.3, 0.4) is 0 Å². The quantitative estimate of drug-likeness (QED) is 0.371. The third kappa shape index (κ3) is 9.92. The number of halogens is 1. The molecule has 3 aliphatic carbocycles. The monoisotopic (exact) mass is 561 g/mol. The number of ether oxygens (including phenoxy) is 1. The molecule has 0 bridgehead atoms.